The minimum atomic E-state index is -0.452. The molecule has 0 aromatic heterocycles. The summed E-state index contributed by atoms with van der Waals surface area (Å²) in [6.07, 6.45) is 1.23. The third kappa shape index (κ3) is 7.60. The van der Waals surface area contributed by atoms with Crippen molar-refractivity contribution >= 4 is 23.5 Å². The van der Waals surface area contributed by atoms with E-state index in [4.69, 9.17) is 9.47 Å². The van der Waals surface area contributed by atoms with Crippen LogP contribution in [0.15, 0.2) is 109 Å². The Balaban J connectivity index is 1.15. The molecule has 0 atom stereocenters. The Morgan fingerprint density at radius 3 is 1.12 bits per heavy atom. The Morgan fingerprint density at radius 2 is 0.775 bits per heavy atom. The highest BCUT2D eigenvalue weighted by Crippen LogP contribution is 2.15. The minimum Gasteiger partial charge on any atom is -0.462 e. The maximum atomic E-state index is 12.5. The summed E-state index contributed by atoms with van der Waals surface area (Å²) in [4.78, 5) is 49.8. The van der Waals surface area contributed by atoms with Gasteiger partial charge in [-0.1, -0.05) is 91.9 Å². The number of rotatable bonds is 12. The van der Waals surface area contributed by atoms with Crippen LogP contribution in [0.2, 0.25) is 0 Å². The Labute approximate surface area is 233 Å². The molecule has 6 nitrogen and oxygen atoms in total. The molecule has 0 aliphatic heterocycles. The van der Waals surface area contributed by atoms with Crippen LogP contribution in [0.25, 0.3) is 0 Å². The minimum absolute atomic E-state index is 0.106. The molecule has 0 heterocycles. The smallest absolute Gasteiger partial charge is 0.338 e. The van der Waals surface area contributed by atoms with Gasteiger partial charge in [0.05, 0.1) is 24.3 Å². The van der Waals surface area contributed by atoms with Gasteiger partial charge in [0, 0.05) is 22.3 Å². The second-order valence-electron chi connectivity index (χ2n) is 9.50. The van der Waals surface area contributed by atoms with E-state index in [-0.39, 0.29) is 30.7 Å². The molecule has 0 radical (unpaired) electrons. The van der Waals surface area contributed by atoms with Crippen molar-refractivity contribution in [1.29, 1.82) is 0 Å². The number of ether oxygens (including phenoxy) is 2. The second-order valence-corrected chi connectivity index (χ2v) is 9.50. The fourth-order valence-corrected chi connectivity index (χ4v) is 4.04. The van der Waals surface area contributed by atoms with E-state index in [0.717, 1.165) is 0 Å². The molecule has 202 valence electrons. The number of carbonyl (C=O) groups excluding carboxylic acids is 4. The highest BCUT2D eigenvalue weighted by atomic mass is 16.5. The molecule has 40 heavy (non-hydrogen) atoms. The van der Waals surface area contributed by atoms with Gasteiger partial charge in [0.1, 0.15) is 0 Å². The van der Waals surface area contributed by atoms with Gasteiger partial charge in [-0.2, -0.15) is 0 Å². The number of benzene rings is 4. The highest BCUT2D eigenvalue weighted by Gasteiger charge is 2.14. The van der Waals surface area contributed by atoms with Crippen molar-refractivity contribution in [2.24, 2.45) is 5.92 Å². The Morgan fingerprint density at radius 1 is 0.475 bits per heavy atom. The highest BCUT2D eigenvalue weighted by molar-refractivity contribution is 6.10. The largest absolute Gasteiger partial charge is 0.462 e. The number of hydrogen-bond donors (Lipinski definition) is 0. The number of esters is 2. The summed E-state index contributed by atoms with van der Waals surface area (Å²) in [6.45, 7) is 2.46. The second kappa shape index (κ2) is 13.8. The zero-order valence-electron chi connectivity index (χ0n) is 22.2. The van der Waals surface area contributed by atoms with Gasteiger partial charge >= 0.3 is 11.9 Å². The third-order valence-electron chi connectivity index (χ3n) is 6.53. The first-order valence-corrected chi connectivity index (χ1v) is 13.2. The Hall–Kier alpha value is -4.84. The maximum Gasteiger partial charge on any atom is 0.338 e. The standard InChI is InChI=1S/C34H30O6/c1-24(20-22-39-33(37)29-16-12-27(13-17-29)31(35)25-8-4-2-5-9-25)21-23-40-34(38)30-18-14-28(15-19-30)32(36)26-10-6-3-7-11-26/h2-19,24H,20-23H2,1H3. The van der Waals surface area contributed by atoms with Crippen molar-refractivity contribution < 1.29 is 28.7 Å². The lowest BCUT2D eigenvalue weighted by Gasteiger charge is -2.12. The molecule has 0 saturated carbocycles. The predicted molar refractivity (Wildman–Crippen MR) is 152 cm³/mol. The quantitative estimate of drug-likeness (QED) is 0.151. The van der Waals surface area contributed by atoms with Crippen LogP contribution in [0.5, 0.6) is 0 Å². The van der Waals surface area contributed by atoms with Crippen molar-refractivity contribution in [3.05, 3.63) is 143 Å². The maximum absolute atomic E-state index is 12.5. The van der Waals surface area contributed by atoms with E-state index in [9.17, 15) is 19.2 Å². The molecule has 4 rings (SSSR count). The van der Waals surface area contributed by atoms with Crippen molar-refractivity contribution in [2.75, 3.05) is 13.2 Å². The summed E-state index contributed by atoms with van der Waals surface area (Å²) in [5, 5.41) is 0. The lowest BCUT2D eigenvalue weighted by molar-refractivity contribution is 0.0449. The summed E-state index contributed by atoms with van der Waals surface area (Å²) < 4.78 is 10.8. The lowest BCUT2D eigenvalue weighted by atomic mass is 10.0. The molecule has 0 spiro atoms. The van der Waals surface area contributed by atoms with E-state index >= 15 is 0 Å². The average molecular weight is 535 g/mol. The van der Waals surface area contributed by atoms with Crippen molar-refractivity contribution in [3.8, 4) is 0 Å². The molecule has 0 aliphatic carbocycles. The zero-order valence-corrected chi connectivity index (χ0v) is 22.2. The summed E-state index contributed by atoms with van der Waals surface area (Å²) in [5.41, 5.74) is 2.94. The number of carbonyl (C=O) groups is 4. The van der Waals surface area contributed by atoms with E-state index in [0.29, 0.717) is 46.2 Å². The van der Waals surface area contributed by atoms with Gasteiger partial charge in [0.15, 0.2) is 11.6 Å². The summed E-state index contributed by atoms with van der Waals surface area (Å²) in [7, 11) is 0. The molecule has 4 aromatic carbocycles. The van der Waals surface area contributed by atoms with Gasteiger partial charge in [-0.3, -0.25) is 9.59 Å². The van der Waals surface area contributed by atoms with E-state index in [1.807, 2.05) is 19.1 Å². The first-order chi connectivity index (χ1) is 19.4. The Bertz CT molecular complexity index is 1330. The van der Waals surface area contributed by atoms with Gasteiger partial charge < -0.3 is 9.47 Å². The Kier molecular flexibility index (Phi) is 9.72. The predicted octanol–water partition coefficient (Wildman–Crippen LogP) is 6.58. The molecular formula is C34H30O6. The van der Waals surface area contributed by atoms with Crippen molar-refractivity contribution in [3.63, 3.8) is 0 Å². The monoisotopic (exact) mass is 534 g/mol. The van der Waals surface area contributed by atoms with E-state index in [1.54, 1.807) is 97.1 Å². The van der Waals surface area contributed by atoms with E-state index in [1.165, 1.54) is 0 Å². The van der Waals surface area contributed by atoms with Gasteiger partial charge in [0.2, 0.25) is 0 Å². The first kappa shape index (κ1) is 28.2. The summed E-state index contributed by atoms with van der Waals surface area (Å²) in [6, 6.07) is 30.8. The molecule has 0 bridgehead atoms. The van der Waals surface area contributed by atoms with Crippen LogP contribution in [0, 0.1) is 5.92 Å². The fourth-order valence-electron chi connectivity index (χ4n) is 4.04. The van der Waals surface area contributed by atoms with Crippen LogP contribution in [-0.2, 0) is 9.47 Å². The molecule has 0 N–H and O–H groups in total. The molecular weight excluding hydrogens is 504 g/mol. The average Bonchev–Trinajstić information content (AvgIpc) is 3.01. The molecule has 0 fully saturated rings. The van der Waals surface area contributed by atoms with Crippen molar-refractivity contribution in [1.82, 2.24) is 0 Å². The summed E-state index contributed by atoms with van der Waals surface area (Å²) >= 11 is 0. The molecule has 0 amide bonds. The van der Waals surface area contributed by atoms with Gasteiger partial charge in [0.25, 0.3) is 0 Å². The van der Waals surface area contributed by atoms with Crippen LogP contribution in [-0.4, -0.2) is 36.7 Å². The normalized spacial score (nSPS) is 10.7. The van der Waals surface area contributed by atoms with Crippen LogP contribution >= 0.6 is 0 Å². The lowest BCUT2D eigenvalue weighted by Crippen LogP contribution is -2.12. The van der Waals surface area contributed by atoms with Crippen LogP contribution in [0.3, 0.4) is 0 Å². The van der Waals surface area contributed by atoms with E-state index in [2.05, 4.69) is 0 Å². The van der Waals surface area contributed by atoms with Gasteiger partial charge in [-0.25, -0.2) is 9.59 Å². The SMILES string of the molecule is CC(CCOC(=O)c1ccc(C(=O)c2ccccc2)cc1)CCOC(=O)c1ccc(C(=O)c2ccccc2)cc1. The molecule has 4 aromatic rings. The topological polar surface area (TPSA) is 86.7 Å². The van der Waals surface area contributed by atoms with Crippen LogP contribution in [0.1, 0.15) is 72.3 Å². The number of hydrogen-bond acceptors (Lipinski definition) is 6. The third-order valence-corrected chi connectivity index (χ3v) is 6.53. The zero-order chi connectivity index (χ0) is 28.3. The molecule has 6 heteroatoms. The first-order valence-electron chi connectivity index (χ1n) is 13.2. The van der Waals surface area contributed by atoms with E-state index < -0.39 is 11.9 Å². The van der Waals surface area contributed by atoms with Crippen molar-refractivity contribution in [2.45, 2.75) is 19.8 Å². The van der Waals surface area contributed by atoms with Crippen LogP contribution in [0.4, 0.5) is 0 Å². The van der Waals surface area contributed by atoms with Gasteiger partial charge in [-0.05, 0) is 43.0 Å². The van der Waals surface area contributed by atoms with Crippen LogP contribution < -0.4 is 0 Å². The number of ketones is 2. The summed E-state index contributed by atoms with van der Waals surface area (Å²) in [5.74, 6) is -0.953. The van der Waals surface area contributed by atoms with Gasteiger partial charge in [-0.15, -0.1) is 0 Å². The molecule has 0 aliphatic rings. The molecule has 0 unspecified atom stereocenters. The molecule has 0 saturated heterocycles. The fraction of sp³-hybridized carbons (Fsp3) is 0.176.